The van der Waals surface area contributed by atoms with Gasteiger partial charge in [0.1, 0.15) is 0 Å². The lowest BCUT2D eigenvalue weighted by molar-refractivity contribution is -0.133. The molecule has 2 rings (SSSR count). The first-order chi connectivity index (χ1) is 7.81. The Labute approximate surface area is 101 Å². The van der Waals surface area contributed by atoms with Crippen molar-refractivity contribution in [2.24, 2.45) is 0 Å². The number of rotatable bonds is 3. The third-order valence-corrected chi connectivity index (χ3v) is 4.46. The van der Waals surface area contributed by atoms with Crippen molar-refractivity contribution >= 4 is 17.7 Å². The highest BCUT2D eigenvalue weighted by Crippen LogP contribution is 2.19. The molecule has 0 aromatic heterocycles. The second kappa shape index (κ2) is 5.89. The fourth-order valence-electron chi connectivity index (χ4n) is 2.43. The number of nitrogens with one attached hydrogen (secondary N) is 1. The van der Waals surface area contributed by atoms with Crippen LogP contribution in [-0.2, 0) is 4.79 Å². The van der Waals surface area contributed by atoms with Crippen LogP contribution in [0.2, 0.25) is 0 Å². The van der Waals surface area contributed by atoms with Crippen LogP contribution in [0.5, 0.6) is 0 Å². The van der Waals surface area contributed by atoms with E-state index in [1.54, 1.807) is 0 Å². The summed E-state index contributed by atoms with van der Waals surface area (Å²) in [6, 6.07) is 0.398. The average molecular weight is 244 g/mol. The Morgan fingerprint density at radius 1 is 1.56 bits per heavy atom. The van der Waals surface area contributed by atoms with E-state index in [1.165, 1.54) is 0 Å². The molecule has 0 bridgehead atoms. The Kier molecular flexibility index (Phi) is 4.49. The number of likely N-dealkylation sites (tertiary alicyclic amines) is 1. The number of carbonyl (C=O) groups is 1. The molecule has 0 aliphatic carbocycles. The van der Waals surface area contributed by atoms with Crippen LogP contribution in [0.3, 0.4) is 0 Å². The minimum atomic E-state index is 0.0729. The number of nitrogens with zero attached hydrogens (tertiary/aromatic N) is 1. The zero-order valence-corrected chi connectivity index (χ0v) is 10.3. The van der Waals surface area contributed by atoms with Crippen molar-refractivity contribution in [2.75, 3.05) is 31.2 Å². The number of aliphatic hydroxyl groups is 1. The van der Waals surface area contributed by atoms with Crippen LogP contribution in [-0.4, -0.2) is 59.2 Å². The van der Waals surface area contributed by atoms with Gasteiger partial charge in [0.05, 0.1) is 12.6 Å². The normalized spacial score (nSPS) is 30.7. The lowest BCUT2D eigenvalue weighted by Gasteiger charge is -2.27. The van der Waals surface area contributed by atoms with Crippen molar-refractivity contribution in [1.82, 2.24) is 10.2 Å². The van der Waals surface area contributed by atoms with Gasteiger partial charge in [-0.05, 0) is 12.8 Å². The molecular weight excluding hydrogens is 224 g/mol. The van der Waals surface area contributed by atoms with Crippen molar-refractivity contribution in [3.63, 3.8) is 0 Å². The molecule has 0 saturated carbocycles. The van der Waals surface area contributed by atoms with Gasteiger partial charge in [0.25, 0.3) is 0 Å². The maximum Gasteiger partial charge on any atom is 0.224 e. The summed E-state index contributed by atoms with van der Waals surface area (Å²) < 4.78 is 0. The SMILES string of the molecule is O=C(CC1CSCCN1)N1CCC[C@@H]1CO. The van der Waals surface area contributed by atoms with Crippen LogP contribution in [0.4, 0.5) is 0 Å². The molecule has 2 saturated heterocycles. The van der Waals surface area contributed by atoms with Gasteiger partial charge in [0, 0.05) is 37.1 Å². The topological polar surface area (TPSA) is 52.6 Å². The number of hydrogen-bond donors (Lipinski definition) is 2. The molecule has 2 N–H and O–H groups in total. The highest BCUT2D eigenvalue weighted by atomic mass is 32.2. The number of thioether (sulfide) groups is 1. The molecule has 0 aromatic carbocycles. The van der Waals surface area contributed by atoms with E-state index in [9.17, 15) is 9.90 Å². The Bertz CT molecular complexity index is 244. The van der Waals surface area contributed by atoms with Gasteiger partial charge in [-0.3, -0.25) is 4.79 Å². The molecule has 0 spiro atoms. The highest BCUT2D eigenvalue weighted by Gasteiger charge is 2.29. The molecule has 0 radical (unpaired) electrons. The van der Waals surface area contributed by atoms with Gasteiger partial charge in [0.15, 0.2) is 0 Å². The zero-order chi connectivity index (χ0) is 11.4. The van der Waals surface area contributed by atoms with Crippen molar-refractivity contribution < 1.29 is 9.90 Å². The summed E-state index contributed by atoms with van der Waals surface area (Å²) in [5.41, 5.74) is 0. The molecule has 5 heteroatoms. The number of carbonyl (C=O) groups excluding carboxylic acids is 1. The second-order valence-electron chi connectivity index (χ2n) is 4.50. The van der Waals surface area contributed by atoms with Gasteiger partial charge in [-0.1, -0.05) is 0 Å². The lowest BCUT2D eigenvalue weighted by atomic mass is 10.2. The molecule has 0 aromatic rings. The van der Waals surface area contributed by atoms with Crippen LogP contribution >= 0.6 is 11.8 Å². The van der Waals surface area contributed by atoms with Crippen LogP contribution in [0, 0.1) is 0 Å². The number of aliphatic hydroxyl groups excluding tert-OH is 1. The number of amides is 1. The van der Waals surface area contributed by atoms with E-state index in [0.717, 1.165) is 37.4 Å². The van der Waals surface area contributed by atoms with E-state index in [1.807, 2.05) is 16.7 Å². The predicted molar refractivity (Wildman–Crippen MR) is 65.6 cm³/mol. The maximum absolute atomic E-state index is 12.0. The standard InChI is InChI=1S/C11H20N2O2S/c14-7-10-2-1-4-13(10)11(15)6-9-8-16-5-3-12-9/h9-10,12,14H,1-8H2/t9?,10-/m1/s1. The van der Waals surface area contributed by atoms with E-state index < -0.39 is 0 Å². The fourth-order valence-corrected chi connectivity index (χ4v) is 3.38. The van der Waals surface area contributed by atoms with Crippen LogP contribution in [0.25, 0.3) is 0 Å². The van der Waals surface area contributed by atoms with Crippen molar-refractivity contribution in [3.8, 4) is 0 Å². The first-order valence-corrected chi connectivity index (χ1v) is 7.18. The molecule has 2 fully saturated rings. The highest BCUT2D eigenvalue weighted by molar-refractivity contribution is 7.99. The van der Waals surface area contributed by atoms with E-state index in [2.05, 4.69) is 5.32 Å². The minimum Gasteiger partial charge on any atom is -0.394 e. The van der Waals surface area contributed by atoms with Gasteiger partial charge < -0.3 is 15.3 Å². The van der Waals surface area contributed by atoms with Crippen molar-refractivity contribution in [3.05, 3.63) is 0 Å². The average Bonchev–Trinajstić information content (AvgIpc) is 2.78. The van der Waals surface area contributed by atoms with Crippen LogP contribution < -0.4 is 5.32 Å². The summed E-state index contributed by atoms with van der Waals surface area (Å²) >= 11 is 1.91. The minimum absolute atomic E-state index is 0.0729. The van der Waals surface area contributed by atoms with E-state index in [-0.39, 0.29) is 18.6 Å². The van der Waals surface area contributed by atoms with Crippen molar-refractivity contribution in [1.29, 1.82) is 0 Å². The molecule has 16 heavy (non-hydrogen) atoms. The molecule has 1 unspecified atom stereocenters. The first kappa shape index (κ1) is 12.2. The first-order valence-electron chi connectivity index (χ1n) is 6.02. The summed E-state index contributed by atoms with van der Waals surface area (Å²) in [5, 5.41) is 12.6. The molecule has 2 aliphatic rings. The summed E-state index contributed by atoms with van der Waals surface area (Å²) in [6.45, 7) is 1.94. The lowest BCUT2D eigenvalue weighted by Crippen LogP contribution is -2.44. The Hall–Kier alpha value is -0.260. The Morgan fingerprint density at radius 3 is 3.12 bits per heavy atom. The van der Waals surface area contributed by atoms with Gasteiger partial charge in [0.2, 0.25) is 5.91 Å². The van der Waals surface area contributed by atoms with E-state index in [0.29, 0.717) is 12.5 Å². The Morgan fingerprint density at radius 2 is 2.44 bits per heavy atom. The van der Waals surface area contributed by atoms with Gasteiger partial charge in [-0.2, -0.15) is 11.8 Å². The monoisotopic (exact) mass is 244 g/mol. The quantitative estimate of drug-likeness (QED) is 0.737. The molecule has 4 nitrogen and oxygen atoms in total. The summed E-state index contributed by atoms with van der Waals surface area (Å²) in [4.78, 5) is 13.9. The molecule has 2 aliphatic heterocycles. The van der Waals surface area contributed by atoms with Gasteiger partial charge in [-0.15, -0.1) is 0 Å². The van der Waals surface area contributed by atoms with Crippen molar-refractivity contribution in [2.45, 2.75) is 31.3 Å². The third kappa shape index (κ3) is 2.90. The van der Waals surface area contributed by atoms with Crippen LogP contribution in [0.15, 0.2) is 0 Å². The molecular formula is C11H20N2O2S. The van der Waals surface area contributed by atoms with Gasteiger partial charge in [-0.25, -0.2) is 0 Å². The summed E-state index contributed by atoms with van der Waals surface area (Å²) in [5.74, 6) is 2.38. The fraction of sp³-hybridized carbons (Fsp3) is 0.909. The van der Waals surface area contributed by atoms with Crippen LogP contribution in [0.1, 0.15) is 19.3 Å². The zero-order valence-electron chi connectivity index (χ0n) is 9.52. The maximum atomic E-state index is 12.0. The molecule has 2 atom stereocenters. The summed E-state index contributed by atoms with van der Waals surface area (Å²) in [7, 11) is 0. The smallest absolute Gasteiger partial charge is 0.224 e. The molecule has 92 valence electrons. The van der Waals surface area contributed by atoms with E-state index in [4.69, 9.17) is 0 Å². The summed E-state index contributed by atoms with van der Waals surface area (Å²) in [6.07, 6.45) is 2.57. The number of hydrogen-bond acceptors (Lipinski definition) is 4. The Balaban J connectivity index is 1.82. The molecule has 1 amide bonds. The third-order valence-electron chi connectivity index (χ3n) is 3.33. The predicted octanol–water partition coefficient (Wildman–Crippen LogP) is 0.0648. The van der Waals surface area contributed by atoms with Gasteiger partial charge >= 0.3 is 0 Å². The van der Waals surface area contributed by atoms with E-state index >= 15 is 0 Å². The molecule has 2 heterocycles. The second-order valence-corrected chi connectivity index (χ2v) is 5.65. The largest absolute Gasteiger partial charge is 0.394 e.